The summed E-state index contributed by atoms with van der Waals surface area (Å²) in [5.41, 5.74) is 10.0. The van der Waals surface area contributed by atoms with E-state index in [4.69, 9.17) is 21.7 Å². The summed E-state index contributed by atoms with van der Waals surface area (Å²) in [6.07, 6.45) is 0. The molecule has 0 fully saturated rings. The Hall–Kier alpha value is -5.42. The summed E-state index contributed by atoms with van der Waals surface area (Å²) in [6, 6.07) is 38.3. The van der Waals surface area contributed by atoms with E-state index in [1.165, 1.54) is 11.1 Å². The van der Waals surface area contributed by atoms with Gasteiger partial charge >= 0.3 is 0 Å². The minimum atomic E-state index is -0.957. The highest BCUT2D eigenvalue weighted by molar-refractivity contribution is 6.24. The first-order valence-electron chi connectivity index (χ1n) is 16.8. The van der Waals surface area contributed by atoms with E-state index in [-0.39, 0.29) is 0 Å². The Kier molecular flexibility index (Phi) is 5.52. The highest BCUT2D eigenvalue weighted by Crippen LogP contribution is 2.60. The van der Waals surface area contributed by atoms with Crippen LogP contribution in [0.25, 0.3) is 49.4 Å². The summed E-state index contributed by atoms with van der Waals surface area (Å²) in [5.74, 6) is 3.63. The molecule has 0 bridgehead atoms. The van der Waals surface area contributed by atoms with Crippen LogP contribution in [-0.2, 0) is 5.31 Å². The van der Waals surface area contributed by atoms with Crippen LogP contribution >= 0.6 is 0 Å². The number of benzene rings is 6. The van der Waals surface area contributed by atoms with Crippen LogP contribution in [0, 0.1) is 0 Å². The number of ether oxygens (including phenoxy) is 2. The van der Waals surface area contributed by atoms with Crippen molar-refractivity contribution in [1.29, 1.82) is 0 Å². The van der Waals surface area contributed by atoms with Gasteiger partial charge in [0, 0.05) is 50.3 Å². The van der Waals surface area contributed by atoms with Crippen molar-refractivity contribution in [3.05, 3.63) is 137 Å². The van der Waals surface area contributed by atoms with E-state index in [0.29, 0.717) is 23.3 Å². The highest BCUT2D eigenvalue weighted by Gasteiger charge is 2.46. The van der Waals surface area contributed by atoms with Crippen LogP contribution in [-0.4, -0.2) is 12.4 Å². The zero-order valence-corrected chi connectivity index (χ0v) is 27.3. The lowest BCUT2D eigenvalue weighted by Gasteiger charge is -2.43. The first kappa shape index (κ1) is 27.7. The molecule has 230 valence electrons. The summed E-state index contributed by atoms with van der Waals surface area (Å²) in [4.78, 5) is 0. The third-order valence-electron chi connectivity index (χ3n) is 10.5. The molecule has 2 radical (unpaired) electrons. The van der Waals surface area contributed by atoms with Crippen LogP contribution in [0.4, 0.5) is 0 Å². The molecule has 0 saturated heterocycles. The number of hydrogen-bond donors (Lipinski definition) is 0. The van der Waals surface area contributed by atoms with Gasteiger partial charge in [0.05, 0.1) is 30.0 Å². The molecule has 10 rings (SSSR count). The van der Waals surface area contributed by atoms with Crippen molar-refractivity contribution in [2.45, 2.75) is 44.8 Å². The molecule has 2 aromatic heterocycles. The fourth-order valence-electron chi connectivity index (χ4n) is 8.03. The average Bonchev–Trinajstić information content (AvgIpc) is 3.63. The number of nitrogens with zero attached hydrogens (tertiary/aromatic N) is 1. The second-order valence-corrected chi connectivity index (χ2v) is 13.9. The fourth-order valence-corrected chi connectivity index (χ4v) is 8.03. The van der Waals surface area contributed by atoms with Crippen LogP contribution in [0.2, 0.25) is 0 Å². The van der Waals surface area contributed by atoms with Crippen molar-refractivity contribution in [1.82, 2.24) is 4.57 Å². The third-order valence-corrected chi connectivity index (χ3v) is 10.5. The van der Waals surface area contributed by atoms with E-state index in [1.54, 1.807) is 0 Å². The summed E-state index contributed by atoms with van der Waals surface area (Å²) in [5, 5.41) is 3.47. The number of hydrogen-bond acceptors (Lipinski definition) is 3. The van der Waals surface area contributed by atoms with E-state index in [9.17, 15) is 0 Å². The summed E-state index contributed by atoms with van der Waals surface area (Å²) in [7, 11) is 7.75. The monoisotopic (exact) mass is 621 g/mol. The molecular weight excluding hydrogens is 589 g/mol. The van der Waals surface area contributed by atoms with Gasteiger partial charge in [-0.15, -0.1) is 0 Å². The molecule has 0 spiro atoms. The van der Waals surface area contributed by atoms with Crippen LogP contribution < -0.4 is 9.47 Å². The molecule has 4 nitrogen and oxygen atoms in total. The Morgan fingerprint density at radius 2 is 1.19 bits per heavy atom. The normalized spacial score (nSPS) is 14.4. The smallest absolute Gasteiger partial charge is 0.145 e. The van der Waals surface area contributed by atoms with Gasteiger partial charge in [-0.3, -0.25) is 0 Å². The summed E-state index contributed by atoms with van der Waals surface area (Å²) in [6.45, 7) is 8.83. The van der Waals surface area contributed by atoms with E-state index in [0.717, 1.165) is 77.6 Å². The molecule has 0 aliphatic carbocycles. The van der Waals surface area contributed by atoms with E-state index >= 15 is 0 Å². The standard InChI is InChI=1S/C43H32BNO3/c1-23(2)25-13-17-36-31(19-25)43(44)32-20-26(24(3)4)14-18-37(32)47-39-22-27(21-38(46-36)41(39)43)45-33-11-7-5-10-30(33)40-34(45)16-15-29-28-9-6-8-12-35(28)48-42(29)40/h5-24H,1-4H3. The van der Waals surface area contributed by atoms with Gasteiger partial charge < -0.3 is 18.5 Å². The molecular formula is C43H32BNO3. The number of furan rings is 1. The molecule has 2 aliphatic rings. The van der Waals surface area contributed by atoms with Crippen LogP contribution in [0.3, 0.4) is 0 Å². The maximum absolute atomic E-state index is 7.75. The Morgan fingerprint density at radius 1 is 0.583 bits per heavy atom. The summed E-state index contributed by atoms with van der Waals surface area (Å²) >= 11 is 0. The Morgan fingerprint density at radius 3 is 1.83 bits per heavy atom. The lowest BCUT2D eigenvalue weighted by atomic mass is 9.53. The maximum atomic E-state index is 7.75. The number of para-hydroxylation sites is 2. The van der Waals surface area contributed by atoms with Crippen LogP contribution in [0.5, 0.6) is 23.0 Å². The van der Waals surface area contributed by atoms with Crippen molar-refractivity contribution < 1.29 is 13.9 Å². The molecule has 2 aliphatic heterocycles. The van der Waals surface area contributed by atoms with Gasteiger partial charge in [0.15, 0.2) is 0 Å². The lowest BCUT2D eigenvalue weighted by molar-refractivity contribution is 0.399. The Labute approximate surface area is 279 Å². The zero-order valence-electron chi connectivity index (χ0n) is 27.3. The van der Waals surface area contributed by atoms with Gasteiger partial charge in [0.25, 0.3) is 0 Å². The third kappa shape index (κ3) is 3.56. The molecule has 0 unspecified atom stereocenters. The predicted molar refractivity (Wildman–Crippen MR) is 195 cm³/mol. The Bertz CT molecular complexity index is 2580. The van der Waals surface area contributed by atoms with Gasteiger partial charge in [-0.05, 0) is 59.4 Å². The molecule has 0 saturated carbocycles. The van der Waals surface area contributed by atoms with Crippen molar-refractivity contribution >= 4 is 51.6 Å². The molecule has 0 atom stereocenters. The van der Waals surface area contributed by atoms with Gasteiger partial charge in [-0.25, -0.2) is 0 Å². The molecule has 8 aromatic rings. The lowest BCUT2D eigenvalue weighted by Crippen LogP contribution is -2.36. The van der Waals surface area contributed by atoms with Gasteiger partial charge in [0.2, 0.25) is 0 Å². The van der Waals surface area contributed by atoms with Gasteiger partial charge in [-0.2, -0.15) is 0 Å². The number of aromatic nitrogens is 1. The predicted octanol–water partition coefficient (Wildman–Crippen LogP) is 11.6. The maximum Gasteiger partial charge on any atom is 0.145 e. The first-order valence-corrected chi connectivity index (χ1v) is 16.8. The van der Waals surface area contributed by atoms with E-state index in [2.05, 4.69) is 129 Å². The minimum Gasteiger partial charge on any atom is -0.457 e. The average molecular weight is 622 g/mol. The second-order valence-electron chi connectivity index (χ2n) is 13.9. The molecule has 5 heteroatoms. The van der Waals surface area contributed by atoms with Crippen molar-refractivity contribution in [2.24, 2.45) is 0 Å². The van der Waals surface area contributed by atoms with Crippen molar-refractivity contribution in [3.63, 3.8) is 0 Å². The van der Waals surface area contributed by atoms with Gasteiger partial charge in [0.1, 0.15) is 34.2 Å². The van der Waals surface area contributed by atoms with Crippen LogP contribution in [0.1, 0.15) is 67.3 Å². The molecule has 48 heavy (non-hydrogen) atoms. The molecule has 0 amide bonds. The van der Waals surface area contributed by atoms with Crippen molar-refractivity contribution in [2.75, 3.05) is 0 Å². The number of rotatable bonds is 3. The fraction of sp³-hybridized carbons (Fsp3) is 0.163. The highest BCUT2D eigenvalue weighted by atomic mass is 16.5. The summed E-state index contributed by atoms with van der Waals surface area (Å²) < 4.78 is 22.4. The quantitative estimate of drug-likeness (QED) is 0.184. The minimum absolute atomic E-state index is 0.344. The first-order chi connectivity index (χ1) is 23.3. The molecule has 4 heterocycles. The van der Waals surface area contributed by atoms with Crippen molar-refractivity contribution in [3.8, 4) is 28.7 Å². The Balaban J connectivity index is 1.27. The largest absolute Gasteiger partial charge is 0.457 e. The van der Waals surface area contributed by atoms with E-state index < -0.39 is 5.31 Å². The topological polar surface area (TPSA) is 36.5 Å². The molecule has 6 aromatic carbocycles. The van der Waals surface area contributed by atoms with Gasteiger partial charge in [-0.1, -0.05) is 88.4 Å². The number of fused-ring (bicyclic) bond motifs is 11. The second kappa shape index (κ2) is 9.57. The molecule has 0 N–H and O–H groups in total. The zero-order chi connectivity index (χ0) is 32.5. The van der Waals surface area contributed by atoms with E-state index in [1.807, 2.05) is 12.1 Å². The van der Waals surface area contributed by atoms with Crippen LogP contribution in [0.15, 0.2) is 114 Å². The SMILES string of the molecule is [B]C12c3cc(C(C)C)ccc3Oc3cc(-n4c5ccccc5c5c6oc7ccccc7c6ccc54)cc(c31)Oc1ccc(C(C)C)cc12.